The van der Waals surface area contributed by atoms with E-state index in [9.17, 15) is 14.4 Å². The van der Waals surface area contributed by atoms with Gasteiger partial charge in [-0.1, -0.05) is 13.8 Å². The number of carbonyl (C=O) groups excluding carboxylic acids is 3. The van der Waals surface area contributed by atoms with Crippen molar-refractivity contribution in [2.75, 3.05) is 6.54 Å². The van der Waals surface area contributed by atoms with Gasteiger partial charge in [0.15, 0.2) is 0 Å². The molecule has 0 aromatic carbocycles. The van der Waals surface area contributed by atoms with E-state index in [1.54, 1.807) is 0 Å². The minimum absolute atomic E-state index is 0.00336. The number of Topliss-reactive ketones (excluding diaryl/α,β-unsaturated/α-hetero) is 2. The van der Waals surface area contributed by atoms with Crippen LogP contribution in [0.15, 0.2) is 0 Å². The summed E-state index contributed by atoms with van der Waals surface area (Å²) in [6.45, 7) is 6.95. The Morgan fingerprint density at radius 2 is 1.62 bits per heavy atom. The number of hydrogen-bond donors (Lipinski definition) is 1. The van der Waals surface area contributed by atoms with Crippen molar-refractivity contribution in [2.24, 2.45) is 11.8 Å². The molecule has 0 aliphatic heterocycles. The summed E-state index contributed by atoms with van der Waals surface area (Å²) >= 11 is 0. The van der Waals surface area contributed by atoms with Gasteiger partial charge in [0.05, 0.1) is 6.54 Å². The van der Waals surface area contributed by atoms with Crippen molar-refractivity contribution in [3.8, 4) is 0 Å². The van der Waals surface area contributed by atoms with E-state index in [4.69, 9.17) is 0 Å². The SMILES string of the molecule is CC(=O)CNC(=O)[C@@H](CC(C)=O)CC(C)C. The molecule has 0 unspecified atom stereocenters. The zero-order chi connectivity index (χ0) is 12.7. The van der Waals surface area contributed by atoms with E-state index in [0.717, 1.165) is 0 Å². The van der Waals surface area contributed by atoms with Gasteiger partial charge in [-0.2, -0.15) is 0 Å². The largest absolute Gasteiger partial charge is 0.349 e. The standard InChI is InChI=1S/C12H21NO3/c1-8(2)5-11(6-9(3)14)12(16)13-7-10(4)15/h8,11H,5-7H2,1-4H3,(H,13,16)/t11-/m1/s1. The van der Waals surface area contributed by atoms with Gasteiger partial charge in [-0.15, -0.1) is 0 Å². The average Bonchev–Trinajstić information content (AvgIpc) is 2.11. The van der Waals surface area contributed by atoms with Crippen LogP contribution in [-0.2, 0) is 14.4 Å². The molecular weight excluding hydrogens is 206 g/mol. The lowest BCUT2D eigenvalue weighted by molar-refractivity contribution is -0.130. The third kappa shape index (κ3) is 7.15. The summed E-state index contributed by atoms with van der Waals surface area (Å²) in [7, 11) is 0. The van der Waals surface area contributed by atoms with E-state index >= 15 is 0 Å². The smallest absolute Gasteiger partial charge is 0.223 e. The first-order valence-corrected chi connectivity index (χ1v) is 5.59. The number of nitrogens with one attached hydrogen (secondary N) is 1. The second-order valence-electron chi connectivity index (χ2n) is 4.65. The van der Waals surface area contributed by atoms with Crippen LogP contribution in [0.3, 0.4) is 0 Å². The molecule has 0 aliphatic rings. The number of ketones is 2. The summed E-state index contributed by atoms with van der Waals surface area (Å²) in [5, 5.41) is 2.55. The molecule has 0 fully saturated rings. The van der Waals surface area contributed by atoms with Crippen LogP contribution in [0.4, 0.5) is 0 Å². The van der Waals surface area contributed by atoms with Crippen LogP contribution < -0.4 is 5.32 Å². The van der Waals surface area contributed by atoms with Gasteiger partial charge >= 0.3 is 0 Å². The summed E-state index contributed by atoms with van der Waals surface area (Å²) in [6, 6.07) is 0. The minimum atomic E-state index is -0.308. The molecule has 1 atom stereocenters. The molecule has 1 amide bonds. The fraction of sp³-hybridized carbons (Fsp3) is 0.750. The van der Waals surface area contributed by atoms with Crippen molar-refractivity contribution in [2.45, 2.75) is 40.5 Å². The van der Waals surface area contributed by atoms with Crippen LogP contribution in [-0.4, -0.2) is 24.0 Å². The molecule has 0 aromatic heterocycles. The number of carbonyl (C=O) groups is 3. The third-order valence-corrected chi connectivity index (χ3v) is 2.17. The highest BCUT2D eigenvalue weighted by Crippen LogP contribution is 2.16. The Kier molecular flexibility index (Phi) is 6.61. The van der Waals surface area contributed by atoms with E-state index in [0.29, 0.717) is 12.3 Å². The van der Waals surface area contributed by atoms with Crippen LogP contribution >= 0.6 is 0 Å². The van der Waals surface area contributed by atoms with Gasteiger partial charge in [0, 0.05) is 12.3 Å². The van der Waals surface area contributed by atoms with Crippen molar-refractivity contribution in [3.05, 3.63) is 0 Å². The second kappa shape index (κ2) is 7.14. The fourth-order valence-corrected chi connectivity index (χ4v) is 1.56. The third-order valence-electron chi connectivity index (χ3n) is 2.17. The van der Waals surface area contributed by atoms with Gasteiger partial charge in [0.25, 0.3) is 0 Å². The van der Waals surface area contributed by atoms with Crippen molar-refractivity contribution in [1.82, 2.24) is 5.32 Å². The summed E-state index contributed by atoms with van der Waals surface area (Å²) in [5.41, 5.74) is 0. The fourth-order valence-electron chi connectivity index (χ4n) is 1.56. The number of hydrogen-bond acceptors (Lipinski definition) is 3. The van der Waals surface area contributed by atoms with Gasteiger partial charge in [0.2, 0.25) is 5.91 Å². The molecule has 92 valence electrons. The lowest BCUT2D eigenvalue weighted by atomic mass is 9.92. The Bertz CT molecular complexity index is 271. The molecule has 0 bridgehead atoms. The van der Waals surface area contributed by atoms with E-state index in [1.807, 2.05) is 13.8 Å². The summed E-state index contributed by atoms with van der Waals surface area (Å²) in [5.74, 6) is -0.230. The topological polar surface area (TPSA) is 63.2 Å². The number of rotatable bonds is 7. The molecule has 0 heterocycles. The van der Waals surface area contributed by atoms with E-state index in [2.05, 4.69) is 5.32 Å². The highest BCUT2D eigenvalue weighted by atomic mass is 16.2. The number of amides is 1. The molecule has 0 spiro atoms. The van der Waals surface area contributed by atoms with Gasteiger partial charge in [-0.05, 0) is 26.2 Å². The van der Waals surface area contributed by atoms with Crippen LogP contribution in [0.25, 0.3) is 0 Å². The van der Waals surface area contributed by atoms with Crippen LogP contribution in [0.1, 0.15) is 40.5 Å². The molecule has 0 aliphatic carbocycles. The minimum Gasteiger partial charge on any atom is -0.349 e. The van der Waals surface area contributed by atoms with Gasteiger partial charge in [-0.3, -0.25) is 9.59 Å². The predicted molar refractivity (Wildman–Crippen MR) is 61.9 cm³/mol. The molecule has 0 aromatic rings. The van der Waals surface area contributed by atoms with Gasteiger partial charge in [0.1, 0.15) is 11.6 Å². The maximum absolute atomic E-state index is 11.7. The maximum atomic E-state index is 11.7. The molecular formula is C12H21NO3. The lowest BCUT2D eigenvalue weighted by Gasteiger charge is -2.16. The Balaban J connectivity index is 4.31. The molecule has 0 radical (unpaired) electrons. The summed E-state index contributed by atoms with van der Waals surface area (Å²) < 4.78 is 0. The van der Waals surface area contributed by atoms with E-state index < -0.39 is 0 Å². The van der Waals surface area contributed by atoms with E-state index in [-0.39, 0.29) is 36.4 Å². The van der Waals surface area contributed by atoms with Crippen molar-refractivity contribution >= 4 is 17.5 Å². The Hall–Kier alpha value is -1.19. The summed E-state index contributed by atoms with van der Waals surface area (Å²) in [6.07, 6.45) is 0.922. The molecule has 0 rings (SSSR count). The van der Waals surface area contributed by atoms with Gasteiger partial charge in [-0.25, -0.2) is 0 Å². The first kappa shape index (κ1) is 14.8. The molecule has 0 saturated heterocycles. The predicted octanol–water partition coefficient (Wildman–Crippen LogP) is 1.33. The lowest BCUT2D eigenvalue weighted by Crippen LogP contribution is -2.35. The molecule has 0 saturated carbocycles. The first-order valence-electron chi connectivity index (χ1n) is 5.59. The van der Waals surface area contributed by atoms with Gasteiger partial charge < -0.3 is 10.1 Å². The van der Waals surface area contributed by atoms with Crippen LogP contribution in [0.5, 0.6) is 0 Å². The normalized spacial score (nSPS) is 12.3. The highest BCUT2D eigenvalue weighted by Gasteiger charge is 2.21. The zero-order valence-electron chi connectivity index (χ0n) is 10.5. The zero-order valence-corrected chi connectivity index (χ0v) is 10.5. The Morgan fingerprint density at radius 1 is 1.06 bits per heavy atom. The summed E-state index contributed by atoms with van der Waals surface area (Å²) in [4.78, 5) is 33.5. The molecule has 16 heavy (non-hydrogen) atoms. The first-order chi connectivity index (χ1) is 7.32. The molecule has 4 heteroatoms. The van der Waals surface area contributed by atoms with Crippen LogP contribution in [0.2, 0.25) is 0 Å². The average molecular weight is 227 g/mol. The monoisotopic (exact) mass is 227 g/mol. The Morgan fingerprint density at radius 3 is 2.00 bits per heavy atom. The highest BCUT2D eigenvalue weighted by molar-refractivity contribution is 5.88. The Labute approximate surface area is 96.8 Å². The second-order valence-corrected chi connectivity index (χ2v) is 4.65. The van der Waals surface area contributed by atoms with Crippen LogP contribution in [0, 0.1) is 11.8 Å². The quantitative estimate of drug-likeness (QED) is 0.713. The van der Waals surface area contributed by atoms with Crippen molar-refractivity contribution in [1.29, 1.82) is 0 Å². The van der Waals surface area contributed by atoms with E-state index in [1.165, 1.54) is 13.8 Å². The van der Waals surface area contributed by atoms with Crippen molar-refractivity contribution < 1.29 is 14.4 Å². The maximum Gasteiger partial charge on any atom is 0.223 e. The molecule has 1 N–H and O–H groups in total. The molecule has 4 nitrogen and oxygen atoms in total. The van der Waals surface area contributed by atoms with Crippen molar-refractivity contribution in [3.63, 3.8) is 0 Å².